The van der Waals surface area contributed by atoms with Gasteiger partial charge in [-0.1, -0.05) is 63.9 Å². The lowest BCUT2D eigenvalue weighted by Crippen LogP contribution is -3.00. The first-order chi connectivity index (χ1) is 22.6. The Morgan fingerprint density at radius 3 is 2.29 bits per heavy atom. The molecule has 4 aliphatic rings. The third kappa shape index (κ3) is 9.62. The molecule has 2 N–H and O–H groups in total. The molecule has 0 radical (unpaired) electrons. The predicted octanol–water partition coefficient (Wildman–Crippen LogP) is 5.66. The molecule has 1 atom stereocenters. The average Bonchev–Trinajstić information content (AvgIpc) is 3.18. The van der Waals surface area contributed by atoms with Gasteiger partial charge < -0.3 is 31.7 Å². The summed E-state index contributed by atoms with van der Waals surface area (Å²) in [5.41, 5.74) is 3.45. The summed E-state index contributed by atoms with van der Waals surface area (Å²) in [5.74, 6) is 1.15. The van der Waals surface area contributed by atoms with Crippen LogP contribution in [0.3, 0.4) is 0 Å². The lowest BCUT2D eigenvalue weighted by Gasteiger charge is -2.49. The zero-order chi connectivity index (χ0) is 33.5. The minimum absolute atomic E-state index is 0. The van der Waals surface area contributed by atoms with Crippen molar-refractivity contribution in [1.82, 2.24) is 5.32 Å². The molecule has 4 aliphatic heterocycles. The van der Waals surface area contributed by atoms with Crippen LogP contribution in [0.25, 0.3) is 0 Å². The van der Waals surface area contributed by atoms with Gasteiger partial charge in [0.2, 0.25) is 0 Å². The highest BCUT2D eigenvalue weighted by molar-refractivity contribution is 7.91. The van der Waals surface area contributed by atoms with Gasteiger partial charge in [0.1, 0.15) is 0 Å². The first-order valence-corrected chi connectivity index (χ1v) is 20.8. The van der Waals surface area contributed by atoms with Gasteiger partial charge >= 0.3 is 0 Å². The summed E-state index contributed by atoms with van der Waals surface area (Å²) in [6.45, 7) is 12.9. The van der Waals surface area contributed by atoms with E-state index in [-0.39, 0.29) is 28.8 Å². The number of hydrogen-bond donors (Lipinski definition) is 2. The highest BCUT2D eigenvalue weighted by Gasteiger charge is 2.43. The highest BCUT2D eigenvalue weighted by atomic mass is 79.9. The molecule has 2 aromatic rings. The molecular formula is C39H61BrN4O2S2. The van der Waals surface area contributed by atoms with Gasteiger partial charge in [0.25, 0.3) is 0 Å². The van der Waals surface area contributed by atoms with E-state index in [4.69, 9.17) is 12.2 Å². The van der Waals surface area contributed by atoms with Gasteiger partial charge in [0.05, 0.1) is 47.9 Å². The van der Waals surface area contributed by atoms with Crippen molar-refractivity contribution in [1.29, 1.82) is 0 Å². The standard InChI is InChI=1S/C39H60N4O2S2.BrH/c1-5-8-22-39(23-9-6-2)30-47(44,45)36-18-17-34(42(4)7-3)29-35(36)38(41-39)32-14-13-15-33(28-32)40-37(46)16-11-10-12-24-43-25-19-31(20-26-43)21-27-43;/h13-15,17-18,28-29,31,38,41H,5-12,16,19-27,30H2,1-4H3;1H. The van der Waals surface area contributed by atoms with Crippen molar-refractivity contribution in [2.75, 3.05) is 55.7 Å². The van der Waals surface area contributed by atoms with Gasteiger partial charge in [-0.05, 0) is 112 Å². The first-order valence-electron chi connectivity index (χ1n) is 18.7. The maximum absolute atomic E-state index is 14.2. The van der Waals surface area contributed by atoms with Crippen LogP contribution in [0.4, 0.5) is 11.4 Å². The number of hydrogen-bond acceptors (Lipinski definition) is 5. The molecule has 0 aromatic heterocycles. The summed E-state index contributed by atoms with van der Waals surface area (Å²) in [6.07, 6.45) is 14.6. The molecule has 3 fully saturated rings. The number of nitrogens with zero attached hydrogens (tertiary/aromatic N) is 2. The number of sulfone groups is 1. The maximum atomic E-state index is 14.2. The number of nitrogens with one attached hydrogen (secondary N) is 2. The number of unbranched alkanes of at least 4 members (excludes halogenated alkanes) is 4. The van der Waals surface area contributed by atoms with Crippen molar-refractivity contribution >= 4 is 38.4 Å². The van der Waals surface area contributed by atoms with E-state index >= 15 is 0 Å². The molecule has 2 aromatic carbocycles. The number of benzene rings is 2. The Labute approximate surface area is 308 Å². The predicted molar refractivity (Wildman–Crippen MR) is 202 cm³/mol. The van der Waals surface area contributed by atoms with Crippen LogP contribution in [-0.2, 0) is 9.84 Å². The van der Waals surface area contributed by atoms with Crippen LogP contribution >= 0.6 is 12.2 Å². The molecule has 6 nitrogen and oxygen atoms in total. The third-order valence-corrected chi connectivity index (χ3v) is 13.8. The minimum atomic E-state index is -3.51. The number of fused-ring (bicyclic) bond motifs is 4. The SMILES string of the molecule is CCCCC1(CCCC)CS(=O)(=O)c2ccc(N(C)CC)cc2C(c2cccc(NC(=S)CCCCC[N+]34CCC(CC3)CC4)c2)N1.[Br-]. The molecule has 4 heterocycles. The van der Waals surface area contributed by atoms with Crippen molar-refractivity contribution in [3.63, 3.8) is 0 Å². The van der Waals surface area contributed by atoms with Crippen LogP contribution in [0, 0.1) is 5.92 Å². The summed E-state index contributed by atoms with van der Waals surface area (Å²) >= 11 is 5.85. The van der Waals surface area contributed by atoms with E-state index in [0.29, 0.717) is 4.90 Å². The maximum Gasteiger partial charge on any atom is 0.180 e. The number of thiocarbonyl (C=S) groups is 1. The molecule has 6 rings (SSSR count). The van der Waals surface area contributed by atoms with E-state index < -0.39 is 15.4 Å². The smallest absolute Gasteiger partial charge is 0.180 e. The zero-order valence-electron chi connectivity index (χ0n) is 30.0. The topological polar surface area (TPSA) is 61.4 Å². The molecule has 0 aliphatic carbocycles. The monoisotopic (exact) mass is 760 g/mol. The van der Waals surface area contributed by atoms with Gasteiger partial charge in [-0.3, -0.25) is 5.32 Å². The Balaban J connectivity index is 0.00000520. The Kier molecular flexibility index (Phi) is 14.4. The molecule has 9 heteroatoms. The zero-order valence-corrected chi connectivity index (χ0v) is 33.3. The van der Waals surface area contributed by atoms with Gasteiger partial charge in [0.15, 0.2) is 9.84 Å². The number of halogens is 1. The lowest BCUT2D eigenvalue weighted by atomic mass is 9.85. The molecule has 0 amide bonds. The van der Waals surface area contributed by atoms with Gasteiger partial charge in [-0.25, -0.2) is 8.42 Å². The van der Waals surface area contributed by atoms with Crippen molar-refractivity contribution in [3.05, 3.63) is 53.6 Å². The number of quaternary nitrogens is 1. The van der Waals surface area contributed by atoms with Gasteiger partial charge in [-0.15, -0.1) is 0 Å². The second-order valence-corrected chi connectivity index (χ2v) is 17.5. The van der Waals surface area contributed by atoms with Crippen molar-refractivity contribution < 1.29 is 29.9 Å². The molecular weight excluding hydrogens is 700 g/mol. The summed E-state index contributed by atoms with van der Waals surface area (Å²) in [5, 5.41) is 7.56. The van der Waals surface area contributed by atoms with Crippen molar-refractivity contribution in [3.8, 4) is 0 Å². The van der Waals surface area contributed by atoms with Crippen LogP contribution < -0.4 is 32.5 Å². The van der Waals surface area contributed by atoms with E-state index in [1.165, 1.54) is 62.8 Å². The Bertz CT molecular complexity index is 1440. The Hall–Kier alpha value is -1.52. The van der Waals surface area contributed by atoms with E-state index in [9.17, 15) is 8.42 Å². The molecule has 268 valence electrons. The fraction of sp³-hybridized carbons (Fsp3) is 0.667. The number of anilines is 2. The summed E-state index contributed by atoms with van der Waals surface area (Å²) < 4.78 is 29.7. The van der Waals surface area contributed by atoms with Crippen LogP contribution in [0.1, 0.15) is 121 Å². The van der Waals surface area contributed by atoms with Crippen molar-refractivity contribution in [2.24, 2.45) is 5.92 Å². The van der Waals surface area contributed by atoms with E-state index in [1.54, 1.807) is 0 Å². The van der Waals surface area contributed by atoms with Crippen LogP contribution in [-0.4, -0.2) is 69.0 Å². The lowest BCUT2D eigenvalue weighted by molar-refractivity contribution is -0.942. The summed E-state index contributed by atoms with van der Waals surface area (Å²) in [7, 11) is -1.45. The van der Waals surface area contributed by atoms with Crippen molar-refractivity contribution in [2.45, 2.75) is 121 Å². The van der Waals surface area contributed by atoms with E-state index in [0.717, 1.165) is 91.3 Å². The fourth-order valence-corrected chi connectivity index (χ4v) is 10.8. The highest BCUT2D eigenvalue weighted by Crippen LogP contribution is 2.41. The van der Waals surface area contributed by atoms with Gasteiger partial charge in [-0.2, -0.15) is 0 Å². The second kappa shape index (κ2) is 17.6. The molecule has 3 saturated heterocycles. The molecule has 2 bridgehead atoms. The largest absolute Gasteiger partial charge is 1.00 e. The first kappa shape index (κ1) is 39.3. The van der Waals surface area contributed by atoms with Crippen LogP contribution in [0.15, 0.2) is 47.4 Å². The number of piperidine rings is 3. The van der Waals surface area contributed by atoms with Crippen LogP contribution in [0.5, 0.6) is 0 Å². The number of rotatable bonds is 16. The molecule has 0 saturated carbocycles. The Morgan fingerprint density at radius 2 is 1.65 bits per heavy atom. The van der Waals surface area contributed by atoms with E-state index in [1.807, 2.05) is 12.1 Å². The quantitative estimate of drug-likeness (QED) is 0.131. The fourth-order valence-electron chi connectivity index (χ4n) is 8.44. The second-order valence-electron chi connectivity index (χ2n) is 15.0. The average molecular weight is 762 g/mol. The van der Waals surface area contributed by atoms with Gasteiger partial charge in [0, 0.05) is 30.5 Å². The van der Waals surface area contributed by atoms with Crippen LogP contribution in [0.2, 0.25) is 0 Å². The molecule has 1 unspecified atom stereocenters. The Morgan fingerprint density at radius 1 is 0.958 bits per heavy atom. The minimum Gasteiger partial charge on any atom is -1.00 e. The van der Waals surface area contributed by atoms with E-state index in [2.05, 4.69) is 73.7 Å². The molecule has 0 spiro atoms. The summed E-state index contributed by atoms with van der Waals surface area (Å²) in [6, 6.07) is 14.2. The summed E-state index contributed by atoms with van der Waals surface area (Å²) in [4.78, 5) is 3.52. The normalized spacial score (nSPS) is 23.8. The third-order valence-electron chi connectivity index (χ3n) is 11.6. The molecule has 48 heavy (non-hydrogen) atoms.